The molecule has 4 aromatic heterocycles. The van der Waals surface area contributed by atoms with Crippen molar-refractivity contribution < 1.29 is 46.9 Å². The number of aromatic nitrogens is 8. The second-order valence-corrected chi connectivity index (χ2v) is 13.3. The fraction of sp³-hybridized carbons (Fsp3) is 0.500. The first kappa shape index (κ1) is 29.4. The summed E-state index contributed by atoms with van der Waals surface area (Å²) in [5.74, 6) is -0.0910. The van der Waals surface area contributed by atoms with Crippen LogP contribution in [-0.2, 0) is 36.7 Å². The van der Waals surface area contributed by atoms with Crippen molar-refractivity contribution in [1.29, 1.82) is 0 Å². The molecule has 234 valence electrons. The molecule has 10 atom stereocenters. The van der Waals surface area contributed by atoms with Gasteiger partial charge in [-0.05, 0) is 0 Å². The molecular weight excluding hydrogens is 629 g/mol. The number of hydrogen-bond acceptors (Lipinski definition) is 18. The molecule has 3 aliphatic rings. The molecule has 7 N–H and O–H groups in total. The normalized spacial score (nSPS) is 36.5. The fourth-order valence-electron chi connectivity index (χ4n) is 5.36. The third kappa shape index (κ3) is 5.02. The Morgan fingerprint density at radius 1 is 0.977 bits per heavy atom. The molecule has 7 rings (SSSR count). The molecule has 4 aromatic rings. The van der Waals surface area contributed by atoms with E-state index in [0.717, 1.165) is 7.57 Å². The Morgan fingerprint density at radius 2 is 1.70 bits per heavy atom. The number of nitrogens with two attached hydrogens (primary N) is 2. The van der Waals surface area contributed by atoms with Crippen LogP contribution in [0.2, 0.25) is 0 Å². The van der Waals surface area contributed by atoms with E-state index in [9.17, 15) is 24.1 Å². The first-order valence-corrected chi connectivity index (χ1v) is 16.3. The lowest BCUT2D eigenvalue weighted by molar-refractivity contribution is -0.0573. The molecule has 3 saturated heterocycles. The van der Waals surface area contributed by atoms with Gasteiger partial charge in [0.25, 0.3) is 20.6 Å². The monoisotopic (exact) mass is 654 g/mol. The summed E-state index contributed by atoms with van der Waals surface area (Å²) in [6.07, 6.45) is -6.54. The van der Waals surface area contributed by atoms with Gasteiger partial charge in [0.15, 0.2) is 35.1 Å². The van der Waals surface area contributed by atoms with Gasteiger partial charge < -0.3 is 49.2 Å². The minimum Gasteiger partial charge on any atom is -0.387 e. The van der Waals surface area contributed by atoms with Crippen LogP contribution in [0.5, 0.6) is 0 Å². The number of nitrogens with one attached hydrogen (secondary N) is 1. The van der Waals surface area contributed by atoms with Gasteiger partial charge >= 0.3 is 8.25 Å². The second-order valence-electron chi connectivity index (χ2n) is 10.3. The Morgan fingerprint density at radius 3 is 2.50 bits per heavy atom. The number of aliphatic hydroxyl groups is 2. The van der Waals surface area contributed by atoms with Crippen LogP contribution in [0.25, 0.3) is 22.3 Å². The Bertz CT molecular complexity index is 1870. The van der Waals surface area contributed by atoms with E-state index in [1.54, 1.807) is 0 Å². The fourth-order valence-corrected chi connectivity index (χ4v) is 7.40. The molecule has 3 fully saturated rings. The first-order valence-electron chi connectivity index (χ1n) is 13.1. The highest BCUT2D eigenvalue weighted by Crippen LogP contribution is 2.51. The average Bonchev–Trinajstić information content (AvgIpc) is 3.72. The third-order valence-electron chi connectivity index (χ3n) is 7.39. The molecule has 0 saturated carbocycles. The highest BCUT2D eigenvalue weighted by atomic mass is 31.2. The van der Waals surface area contributed by atoms with Crippen molar-refractivity contribution in [3.8, 4) is 0 Å². The topological polar surface area (TPSA) is 289 Å². The minimum absolute atomic E-state index is 0.00442. The largest absolute Gasteiger partial charge is 0.387 e. The predicted molar refractivity (Wildman–Crippen MR) is 149 cm³/mol. The van der Waals surface area contributed by atoms with Crippen molar-refractivity contribution in [3.05, 3.63) is 29.3 Å². The number of aromatic amines is 1. The zero-order valence-electron chi connectivity index (χ0n) is 22.6. The smallest absolute Gasteiger partial charge is 0.319 e. The maximum atomic E-state index is 13.6. The van der Waals surface area contributed by atoms with Crippen LogP contribution < -0.4 is 17.0 Å². The van der Waals surface area contributed by atoms with E-state index in [2.05, 4.69) is 29.9 Å². The summed E-state index contributed by atoms with van der Waals surface area (Å²) in [7, 11) is -6.23. The van der Waals surface area contributed by atoms with Gasteiger partial charge in [0.2, 0.25) is 5.95 Å². The van der Waals surface area contributed by atoms with Crippen LogP contribution in [0, 0.1) is 0 Å². The summed E-state index contributed by atoms with van der Waals surface area (Å²) in [5, 5.41) is 22.3. The second kappa shape index (κ2) is 10.9. The third-order valence-corrected chi connectivity index (χ3v) is 9.50. The first-order chi connectivity index (χ1) is 21.0. The molecule has 0 aromatic carbocycles. The number of H-pyrrole nitrogens is 1. The quantitative estimate of drug-likeness (QED) is 0.111. The molecule has 10 unspecified atom stereocenters. The number of nitrogens with zero attached hydrogens (tertiary/aromatic N) is 7. The summed E-state index contributed by atoms with van der Waals surface area (Å²) in [6.45, 7) is -0.933. The molecule has 0 radical (unpaired) electrons. The van der Waals surface area contributed by atoms with Crippen molar-refractivity contribution in [2.45, 2.75) is 49.1 Å². The lowest BCUT2D eigenvalue weighted by Gasteiger charge is -2.27. The Hall–Kier alpha value is -3.30. The van der Waals surface area contributed by atoms with Gasteiger partial charge in [0.05, 0.1) is 25.9 Å². The lowest BCUT2D eigenvalue weighted by Crippen LogP contribution is -2.35. The van der Waals surface area contributed by atoms with E-state index < -0.39 is 83.6 Å². The summed E-state index contributed by atoms with van der Waals surface area (Å²) in [4.78, 5) is 35.0. The molecule has 0 spiro atoms. The summed E-state index contributed by atoms with van der Waals surface area (Å²) in [5.41, 5.74) is 11.4. The molecule has 44 heavy (non-hydrogen) atoms. The minimum atomic E-state index is -4.04. The van der Waals surface area contributed by atoms with Gasteiger partial charge in [-0.2, -0.15) is 4.98 Å². The highest BCUT2D eigenvalue weighted by Gasteiger charge is 2.51. The van der Waals surface area contributed by atoms with Crippen molar-refractivity contribution >= 4 is 57.4 Å². The Labute approximate surface area is 246 Å². The van der Waals surface area contributed by atoms with Crippen LogP contribution in [0.4, 0.5) is 11.8 Å². The summed E-state index contributed by atoms with van der Waals surface area (Å²) < 4.78 is 63.7. The van der Waals surface area contributed by atoms with Crippen molar-refractivity contribution in [2.75, 3.05) is 24.7 Å². The van der Waals surface area contributed by atoms with Gasteiger partial charge in [-0.25, -0.2) is 19.9 Å². The highest BCUT2D eigenvalue weighted by molar-refractivity contribution is 7.79. The van der Waals surface area contributed by atoms with Gasteiger partial charge in [0.1, 0.15) is 48.5 Å². The number of rotatable bonds is 2. The molecule has 7 heterocycles. The number of fused-ring (bicyclic) bond motifs is 5. The maximum absolute atomic E-state index is 13.6. The molecule has 3 aliphatic heterocycles. The van der Waals surface area contributed by atoms with E-state index in [1.807, 2.05) is 0 Å². The number of aliphatic hydroxyl groups excluding tert-OH is 2. The van der Waals surface area contributed by atoms with Crippen LogP contribution in [0.3, 0.4) is 0 Å². The molecule has 2 bridgehead atoms. The van der Waals surface area contributed by atoms with E-state index in [4.69, 9.17) is 39.0 Å². The van der Waals surface area contributed by atoms with Crippen LogP contribution in [0.15, 0.2) is 23.8 Å². The number of nitrogen functional groups attached to an aromatic ring is 2. The predicted octanol–water partition coefficient (Wildman–Crippen LogP) is -2.41. The maximum Gasteiger partial charge on any atom is 0.319 e. The molecule has 24 heteroatoms. The SMILES string of the molecule is BP1(=O)OCC2OC(n3cnc4c(N)ncnc43)C(O)C2O[PH](=O)OCC2OC(n3cnc4c(=O)[nH]c(N)nc43)C(O1)C2O. The van der Waals surface area contributed by atoms with Crippen molar-refractivity contribution in [2.24, 2.45) is 0 Å². The number of ether oxygens (including phenoxy) is 2. The summed E-state index contributed by atoms with van der Waals surface area (Å²) >= 11 is 0. The summed E-state index contributed by atoms with van der Waals surface area (Å²) in [6, 6.07) is 0. The average molecular weight is 654 g/mol. The Kier molecular flexibility index (Phi) is 7.32. The lowest BCUT2D eigenvalue weighted by atomic mass is 10.1. The van der Waals surface area contributed by atoms with E-state index in [0.29, 0.717) is 0 Å². The van der Waals surface area contributed by atoms with Gasteiger partial charge in [-0.3, -0.25) is 28.0 Å². The molecule has 21 nitrogen and oxygen atoms in total. The van der Waals surface area contributed by atoms with Crippen molar-refractivity contribution in [3.63, 3.8) is 0 Å². The van der Waals surface area contributed by atoms with Crippen LogP contribution in [-0.4, -0.2) is 107 Å². The zero-order chi connectivity index (χ0) is 30.9. The molecular formula is C20H25BN10O11P2. The molecule has 0 amide bonds. The standard InChI is InChI=1S/C20H25BN10O11P2/c21-44(36)38-2-7-12(11(33)18(40-7)30-4-26-8-14(22)24-3-25-15(8)30)41-43(35)37-1-6-10(32)13(42-44)19(39-6)31-5-27-9-16(31)28-20(23)29-17(9)34/h3-7,10-13,18-19,32-33,43H,1-2,21H2,(H2,22,24,25)(H3,23,28,29,34). The van der Waals surface area contributed by atoms with Gasteiger partial charge in [0, 0.05) is 0 Å². The zero-order valence-corrected chi connectivity index (χ0v) is 24.5. The number of anilines is 2. The molecule has 0 aliphatic carbocycles. The van der Waals surface area contributed by atoms with Gasteiger partial charge in [-0.1, -0.05) is 0 Å². The van der Waals surface area contributed by atoms with Gasteiger partial charge in [-0.15, -0.1) is 0 Å². The van der Waals surface area contributed by atoms with E-state index in [-0.39, 0.29) is 34.1 Å². The van der Waals surface area contributed by atoms with E-state index in [1.165, 1.54) is 28.1 Å². The number of imidazole rings is 2. The van der Waals surface area contributed by atoms with E-state index >= 15 is 0 Å². The Balaban J connectivity index is 1.18. The van der Waals surface area contributed by atoms with Crippen LogP contribution in [0.1, 0.15) is 12.5 Å². The number of hydrogen-bond donors (Lipinski definition) is 5. The van der Waals surface area contributed by atoms with Crippen LogP contribution >= 0.6 is 15.7 Å². The van der Waals surface area contributed by atoms with Crippen molar-refractivity contribution in [1.82, 2.24) is 39.0 Å².